The first-order chi connectivity index (χ1) is 7.25. The van der Waals surface area contributed by atoms with E-state index >= 15 is 0 Å². The maximum absolute atomic E-state index is 13.4. The Balaban J connectivity index is 1.92. The third kappa shape index (κ3) is 2.86. The first kappa shape index (κ1) is 10.8. The molecular weight excluding hydrogens is 211 g/mol. The van der Waals surface area contributed by atoms with Gasteiger partial charge in [-0.25, -0.2) is 4.39 Å². The smallest absolute Gasteiger partial charge is 0.138 e. The molecule has 0 aliphatic carbocycles. The maximum Gasteiger partial charge on any atom is 0.138 e. The van der Waals surface area contributed by atoms with Gasteiger partial charge in [0, 0.05) is 22.4 Å². The van der Waals surface area contributed by atoms with Gasteiger partial charge in [-0.2, -0.15) is 0 Å². The molecule has 4 heteroatoms. The molecule has 2 rings (SSSR count). The van der Waals surface area contributed by atoms with Gasteiger partial charge < -0.3 is 11.1 Å². The number of benzene rings is 1. The van der Waals surface area contributed by atoms with E-state index in [9.17, 15) is 4.39 Å². The monoisotopic (exact) mass is 226 g/mol. The summed E-state index contributed by atoms with van der Waals surface area (Å²) in [5, 5.41) is 3.39. The Bertz CT molecular complexity index is 337. The molecule has 1 heterocycles. The minimum absolute atomic E-state index is 0.210. The van der Waals surface area contributed by atoms with Crippen LogP contribution < -0.4 is 11.1 Å². The Labute approximate surface area is 93.4 Å². The molecule has 0 amide bonds. The van der Waals surface area contributed by atoms with E-state index in [2.05, 4.69) is 5.32 Å². The average molecular weight is 226 g/mol. The predicted molar refractivity (Wildman–Crippen MR) is 62.6 cm³/mol. The zero-order valence-electron chi connectivity index (χ0n) is 8.50. The Morgan fingerprint density at radius 1 is 1.53 bits per heavy atom. The molecule has 0 aromatic heterocycles. The third-order valence-electron chi connectivity index (χ3n) is 2.56. The number of nitrogens with two attached hydrogens (primary N) is 1. The van der Waals surface area contributed by atoms with E-state index in [1.807, 2.05) is 0 Å². The molecule has 0 unspecified atom stereocenters. The molecule has 1 saturated heterocycles. The van der Waals surface area contributed by atoms with Gasteiger partial charge in [0.05, 0.1) is 0 Å². The van der Waals surface area contributed by atoms with E-state index in [0.717, 1.165) is 12.3 Å². The fourth-order valence-electron chi connectivity index (χ4n) is 1.72. The lowest BCUT2D eigenvalue weighted by atomic mass is 10.3. The Kier molecular flexibility index (Phi) is 3.49. The number of nitrogen functional groups attached to an aromatic ring is 1. The molecule has 15 heavy (non-hydrogen) atoms. The van der Waals surface area contributed by atoms with Crippen LogP contribution in [0.1, 0.15) is 12.8 Å². The van der Waals surface area contributed by atoms with Crippen LogP contribution in [0.25, 0.3) is 0 Å². The Morgan fingerprint density at radius 3 is 3.07 bits per heavy atom. The molecular formula is C11H15FN2S. The molecule has 0 saturated carbocycles. The van der Waals surface area contributed by atoms with Gasteiger partial charge in [-0.15, -0.1) is 11.8 Å². The van der Waals surface area contributed by atoms with Crippen LogP contribution in [0.3, 0.4) is 0 Å². The van der Waals surface area contributed by atoms with Crippen LogP contribution in [-0.4, -0.2) is 18.3 Å². The standard InChI is InChI=1S/C11H15FN2S/c12-10-6-8(13)3-4-11(10)15-7-9-2-1-5-14-9/h3-4,6,9,14H,1-2,5,7,13H2/t9-/m0/s1. The predicted octanol–water partition coefficient (Wildman–Crippen LogP) is 2.25. The number of nitrogens with one attached hydrogen (secondary N) is 1. The van der Waals surface area contributed by atoms with Crippen molar-refractivity contribution >= 4 is 17.4 Å². The molecule has 1 aromatic rings. The molecule has 3 N–H and O–H groups in total. The van der Waals surface area contributed by atoms with Gasteiger partial charge in [0.25, 0.3) is 0 Å². The molecule has 1 aliphatic heterocycles. The molecule has 0 radical (unpaired) electrons. The van der Waals surface area contributed by atoms with E-state index < -0.39 is 0 Å². The second kappa shape index (κ2) is 4.86. The molecule has 2 nitrogen and oxygen atoms in total. The van der Waals surface area contributed by atoms with Crippen LogP contribution in [0, 0.1) is 5.82 Å². The lowest BCUT2D eigenvalue weighted by molar-refractivity contribution is 0.602. The molecule has 82 valence electrons. The zero-order valence-corrected chi connectivity index (χ0v) is 9.32. The molecule has 0 spiro atoms. The molecule has 1 aromatic carbocycles. The Hall–Kier alpha value is -0.740. The van der Waals surface area contributed by atoms with Crippen molar-refractivity contribution in [3.05, 3.63) is 24.0 Å². The fraction of sp³-hybridized carbons (Fsp3) is 0.455. The number of anilines is 1. The van der Waals surface area contributed by atoms with E-state index in [1.54, 1.807) is 23.9 Å². The van der Waals surface area contributed by atoms with Gasteiger partial charge in [-0.3, -0.25) is 0 Å². The normalized spacial score (nSPS) is 20.7. The summed E-state index contributed by atoms with van der Waals surface area (Å²) in [6, 6.07) is 5.41. The summed E-state index contributed by atoms with van der Waals surface area (Å²) in [5.74, 6) is 0.721. The summed E-state index contributed by atoms with van der Waals surface area (Å²) in [6.07, 6.45) is 2.43. The van der Waals surface area contributed by atoms with E-state index in [4.69, 9.17) is 5.73 Å². The van der Waals surface area contributed by atoms with Crippen molar-refractivity contribution < 1.29 is 4.39 Å². The number of rotatable bonds is 3. The van der Waals surface area contributed by atoms with Crippen LogP contribution in [-0.2, 0) is 0 Å². The fourth-order valence-corrected chi connectivity index (χ4v) is 2.75. The summed E-state index contributed by atoms with van der Waals surface area (Å²) >= 11 is 1.56. The van der Waals surface area contributed by atoms with Crippen molar-refractivity contribution in [1.29, 1.82) is 0 Å². The zero-order chi connectivity index (χ0) is 10.7. The summed E-state index contributed by atoms with van der Waals surface area (Å²) in [6.45, 7) is 1.09. The van der Waals surface area contributed by atoms with Crippen LogP contribution in [0.4, 0.5) is 10.1 Å². The van der Waals surface area contributed by atoms with Crippen molar-refractivity contribution in [1.82, 2.24) is 5.32 Å². The quantitative estimate of drug-likeness (QED) is 0.613. The third-order valence-corrected chi connectivity index (χ3v) is 3.77. The lowest BCUT2D eigenvalue weighted by Crippen LogP contribution is -2.23. The highest BCUT2D eigenvalue weighted by atomic mass is 32.2. The van der Waals surface area contributed by atoms with Gasteiger partial charge in [-0.05, 0) is 37.6 Å². The first-order valence-electron chi connectivity index (χ1n) is 5.17. The summed E-state index contributed by atoms with van der Waals surface area (Å²) in [7, 11) is 0. The van der Waals surface area contributed by atoms with E-state index in [-0.39, 0.29) is 5.82 Å². The second-order valence-electron chi connectivity index (χ2n) is 3.79. The van der Waals surface area contributed by atoms with Crippen molar-refractivity contribution in [3.8, 4) is 0 Å². The molecule has 1 aliphatic rings. The number of hydrogen-bond acceptors (Lipinski definition) is 3. The van der Waals surface area contributed by atoms with Gasteiger partial charge in [0.1, 0.15) is 5.82 Å². The summed E-state index contributed by atoms with van der Waals surface area (Å²) in [5.41, 5.74) is 5.97. The highest BCUT2D eigenvalue weighted by molar-refractivity contribution is 7.99. The second-order valence-corrected chi connectivity index (χ2v) is 4.86. The Morgan fingerprint density at radius 2 is 2.40 bits per heavy atom. The van der Waals surface area contributed by atoms with Crippen LogP contribution in [0.5, 0.6) is 0 Å². The van der Waals surface area contributed by atoms with Gasteiger partial charge in [0.2, 0.25) is 0 Å². The minimum Gasteiger partial charge on any atom is -0.399 e. The van der Waals surface area contributed by atoms with Crippen LogP contribution in [0.2, 0.25) is 0 Å². The number of halogens is 1. The van der Waals surface area contributed by atoms with Crippen molar-refractivity contribution in [2.45, 2.75) is 23.8 Å². The minimum atomic E-state index is -0.210. The first-order valence-corrected chi connectivity index (χ1v) is 6.15. The van der Waals surface area contributed by atoms with Gasteiger partial charge in [0.15, 0.2) is 0 Å². The number of thioether (sulfide) groups is 1. The SMILES string of the molecule is Nc1ccc(SC[C@@H]2CCCN2)c(F)c1. The highest BCUT2D eigenvalue weighted by Gasteiger charge is 2.14. The van der Waals surface area contributed by atoms with Crippen LogP contribution >= 0.6 is 11.8 Å². The van der Waals surface area contributed by atoms with Crippen molar-refractivity contribution in [2.75, 3.05) is 18.0 Å². The van der Waals surface area contributed by atoms with Gasteiger partial charge in [-0.1, -0.05) is 0 Å². The lowest BCUT2D eigenvalue weighted by Gasteiger charge is -2.09. The number of hydrogen-bond donors (Lipinski definition) is 2. The van der Waals surface area contributed by atoms with Crippen LogP contribution in [0.15, 0.2) is 23.1 Å². The van der Waals surface area contributed by atoms with Gasteiger partial charge >= 0.3 is 0 Å². The largest absolute Gasteiger partial charge is 0.399 e. The van der Waals surface area contributed by atoms with Crippen molar-refractivity contribution in [2.24, 2.45) is 0 Å². The van der Waals surface area contributed by atoms with E-state index in [0.29, 0.717) is 16.6 Å². The average Bonchev–Trinajstić information content (AvgIpc) is 2.69. The topological polar surface area (TPSA) is 38.0 Å². The molecule has 1 fully saturated rings. The highest BCUT2D eigenvalue weighted by Crippen LogP contribution is 2.25. The summed E-state index contributed by atoms with van der Waals surface area (Å²) in [4.78, 5) is 0.693. The van der Waals surface area contributed by atoms with E-state index in [1.165, 1.54) is 18.9 Å². The molecule has 0 bridgehead atoms. The van der Waals surface area contributed by atoms with Crippen molar-refractivity contribution in [3.63, 3.8) is 0 Å². The molecule has 1 atom stereocenters. The maximum atomic E-state index is 13.4. The summed E-state index contributed by atoms with van der Waals surface area (Å²) < 4.78 is 13.4.